The molecule has 3 nitrogen and oxygen atoms in total. The smallest absolute Gasteiger partial charge is 0.136 e. The summed E-state index contributed by atoms with van der Waals surface area (Å²) in [6.07, 6.45) is 0. The van der Waals surface area contributed by atoms with Crippen molar-refractivity contribution in [1.29, 1.82) is 0 Å². The van der Waals surface area contributed by atoms with Crippen LogP contribution in [0.25, 0.3) is 110 Å². The average molecular weight is 675 g/mol. The molecule has 0 aliphatic rings. The van der Waals surface area contributed by atoms with Gasteiger partial charge in [-0.05, 0) is 118 Å². The lowest BCUT2D eigenvalue weighted by molar-refractivity contribution is 0.669. The Kier molecular flexibility index (Phi) is 5.77. The number of furan rings is 1. The number of fused-ring (bicyclic) bond motifs is 12. The van der Waals surface area contributed by atoms with Gasteiger partial charge in [-0.1, -0.05) is 97.1 Å². The van der Waals surface area contributed by atoms with Crippen molar-refractivity contribution < 1.29 is 4.42 Å². The van der Waals surface area contributed by atoms with Gasteiger partial charge in [-0.25, -0.2) is 0 Å². The fourth-order valence-corrected chi connectivity index (χ4v) is 8.92. The number of nitrogens with zero attached hydrogens (tertiary/aromatic N) is 2. The average Bonchev–Trinajstić information content (AvgIpc) is 3.86. The van der Waals surface area contributed by atoms with Crippen LogP contribution in [0.15, 0.2) is 186 Å². The summed E-state index contributed by atoms with van der Waals surface area (Å²) in [5.74, 6) is 0. The van der Waals surface area contributed by atoms with E-state index in [9.17, 15) is 0 Å². The molecule has 0 unspecified atom stereocenters. The third-order valence-electron chi connectivity index (χ3n) is 11.3. The van der Waals surface area contributed by atoms with E-state index in [1.165, 1.54) is 70.9 Å². The molecule has 246 valence electrons. The maximum atomic E-state index is 6.45. The van der Waals surface area contributed by atoms with Crippen molar-refractivity contribution in [2.45, 2.75) is 0 Å². The minimum Gasteiger partial charge on any atom is -0.456 e. The molecular formula is C50H30N2O. The molecule has 0 saturated heterocycles. The molecular weight excluding hydrogens is 645 g/mol. The van der Waals surface area contributed by atoms with Gasteiger partial charge in [-0.15, -0.1) is 0 Å². The molecule has 0 saturated carbocycles. The molecule has 0 N–H and O–H groups in total. The maximum Gasteiger partial charge on any atom is 0.136 e. The van der Waals surface area contributed by atoms with Gasteiger partial charge >= 0.3 is 0 Å². The summed E-state index contributed by atoms with van der Waals surface area (Å²) in [7, 11) is 0. The van der Waals surface area contributed by atoms with E-state index in [0.717, 1.165) is 38.7 Å². The van der Waals surface area contributed by atoms with Crippen molar-refractivity contribution in [2.75, 3.05) is 0 Å². The second kappa shape index (κ2) is 10.7. The molecule has 0 amide bonds. The van der Waals surface area contributed by atoms with E-state index < -0.39 is 0 Å². The zero-order valence-electron chi connectivity index (χ0n) is 28.6. The molecule has 0 spiro atoms. The van der Waals surface area contributed by atoms with Crippen molar-refractivity contribution in [2.24, 2.45) is 0 Å². The van der Waals surface area contributed by atoms with Gasteiger partial charge < -0.3 is 13.6 Å². The summed E-state index contributed by atoms with van der Waals surface area (Å²) in [5.41, 5.74) is 11.3. The molecule has 0 bridgehead atoms. The summed E-state index contributed by atoms with van der Waals surface area (Å²) in [6.45, 7) is 0. The van der Waals surface area contributed by atoms with Crippen molar-refractivity contribution in [3.8, 4) is 22.5 Å². The van der Waals surface area contributed by atoms with E-state index in [1.807, 2.05) is 6.07 Å². The molecule has 3 heteroatoms. The Bertz CT molecular complexity index is 3440. The van der Waals surface area contributed by atoms with Crippen LogP contribution in [0.1, 0.15) is 0 Å². The van der Waals surface area contributed by atoms with Crippen molar-refractivity contribution in [1.82, 2.24) is 9.13 Å². The van der Waals surface area contributed by atoms with Crippen LogP contribution in [-0.4, -0.2) is 9.13 Å². The van der Waals surface area contributed by atoms with Gasteiger partial charge in [-0.3, -0.25) is 0 Å². The molecule has 0 fully saturated rings. The Morgan fingerprint density at radius 1 is 0.302 bits per heavy atom. The summed E-state index contributed by atoms with van der Waals surface area (Å²) < 4.78 is 11.2. The fraction of sp³-hybridized carbons (Fsp3) is 0. The van der Waals surface area contributed by atoms with Gasteiger partial charge in [0.2, 0.25) is 0 Å². The first-order valence-electron chi connectivity index (χ1n) is 18.2. The third-order valence-corrected chi connectivity index (χ3v) is 11.3. The lowest BCUT2D eigenvalue weighted by atomic mass is 9.91. The minimum absolute atomic E-state index is 0.907. The van der Waals surface area contributed by atoms with Crippen LogP contribution in [0.4, 0.5) is 0 Å². The molecule has 3 aromatic heterocycles. The summed E-state index contributed by atoms with van der Waals surface area (Å²) >= 11 is 0. The van der Waals surface area contributed by atoms with Crippen molar-refractivity contribution in [3.63, 3.8) is 0 Å². The predicted octanol–water partition coefficient (Wildman–Crippen LogP) is 13.8. The van der Waals surface area contributed by atoms with Crippen LogP contribution in [0.2, 0.25) is 0 Å². The Morgan fingerprint density at radius 2 is 0.868 bits per heavy atom. The fourth-order valence-electron chi connectivity index (χ4n) is 8.92. The topological polar surface area (TPSA) is 23.0 Å². The number of hydrogen-bond acceptors (Lipinski definition) is 1. The highest BCUT2D eigenvalue weighted by molar-refractivity contribution is 6.24. The second-order valence-corrected chi connectivity index (χ2v) is 14.1. The standard InChI is InChI=1S/C50H30N2O/c1-3-13-33(14-4-1)51-45-20-10-7-17-35(45)42-25-31(23-24-47(42)51)38-26-32-27-50-44(37-19-9-12-22-49(37)53-50)28-39(32)41-30-48-43(29-40(38)41)36-18-8-11-21-46(36)52(48)34-15-5-2-6-16-34/h1-30H. The molecule has 53 heavy (non-hydrogen) atoms. The minimum atomic E-state index is 0.907. The lowest BCUT2D eigenvalue weighted by Crippen LogP contribution is -1.94. The highest BCUT2D eigenvalue weighted by Gasteiger charge is 2.20. The molecule has 0 radical (unpaired) electrons. The summed E-state index contributed by atoms with van der Waals surface area (Å²) in [5, 5.41) is 12.1. The van der Waals surface area contributed by atoms with Crippen LogP contribution >= 0.6 is 0 Å². The van der Waals surface area contributed by atoms with E-state index in [1.54, 1.807) is 0 Å². The van der Waals surface area contributed by atoms with E-state index in [2.05, 4.69) is 185 Å². The van der Waals surface area contributed by atoms with Crippen LogP contribution in [0, 0.1) is 0 Å². The Labute approximate surface area is 304 Å². The first kappa shape index (κ1) is 28.6. The van der Waals surface area contributed by atoms with Crippen LogP contribution in [0.3, 0.4) is 0 Å². The largest absolute Gasteiger partial charge is 0.456 e. The second-order valence-electron chi connectivity index (χ2n) is 14.1. The lowest BCUT2D eigenvalue weighted by Gasteiger charge is -2.14. The Hall–Kier alpha value is -7.10. The van der Waals surface area contributed by atoms with E-state index in [-0.39, 0.29) is 0 Å². The molecule has 0 atom stereocenters. The first-order valence-corrected chi connectivity index (χ1v) is 18.2. The summed E-state index contributed by atoms with van der Waals surface area (Å²) in [4.78, 5) is 0. The highest BCUT2D eigenvalue weighted by atomic mass is 16.3. The molecule has 0 aliphatic heterocycles. The third kappa shape index (κ3) is 4.05. The van der Waals surface area contributed by atoms with E-state index >= 15 is 0 Å². The number of hydrogen-bond donors (Lipinski definition) is 0. The van der Waals surface area contributed by atoms with Gasteiger partial charge in [0.15, 0.2) is 0 Å². The molecule has 9 aromatic carbocycles. The normalized spacial score (nSPS) is 12.2. The number of benzene rings is 9. The predicted molar refractivity (Wildman–Crippen MR) is 223 cm³/mol. The maximum absolute atomic E-state index is 6.45. The molecule has 3 heterocycles. The first-order chi connectivity index (χ1) is 26.3. The van der Waals surface area contributed by atoms with Gasteiger partial charge in [0.1, 0.15) is 11.2 Å². The van der Waals surface area contributed by atoms with Gasteiger partial charge in [0.25, 0.3) is 0 Å². The zero-order valence-corrected chi connectivity index (χ0v) is 28.6. The van der Waals surface area contributed by atoms with Gasteiger partial charge in [-0.2, -0.15) is 0 Å². The number of para-hydroxylation sites is 5. The van der Waals surface area contributed by atoms with E-state index in [0.29, 0.717) is 0 Å². The monoisotopic (exact) mass is 674 g/mol. The van der Waals surface area contributed by atoms with Gasteiger partial charge in [0.05, 0.1) is 22.1 Å². The van der Waals surface area contributed by atoms with Crippen LogP contribution < -0.4 is 0 Å². The molecule has 12 aromatic rings. The molecule has 12 rings (SSSR count). The summed E-state index contributed by atoms with van der Waals surface area (Å²) in [6, 6.07) is 66.2. The van der Waals surface area contributed by atoms with Crippen molar-refractivity contribution in [3.05, 3.63) is 182 Å². The number of aromatic nitrogens is 2. The van der Waals surface area contributed by atoms with Gasteiger partial charge in [0, 0.05) is 43.7 Å². The Balaban J connectivity index is 1.22. The van der Waals surface area contributed by atoms with Crippen LogP contribution in [0.5, 0.6) is 0 Å². The van der Waals surface area contributed by atoms with E-state index in [4.69, 9.17) is 4.42 Å². The quantitative estimate of drug-likeness (QED) is 0.171. The highest BCUT2D eigenvalue weighted by Crippen LogP contribution is 2.44. The zero-order chi connectivity index (χ0) is 34.6. The van der Waals surface area contributed by atoms with Crippen LogP contribution in [-0.2, 0) is 0 Å². The molecule has 0 aliphatic carbocycles. The number of rotatable bonds is 3. The SMILES string of the molecule is c1ccc(-n2c3ccccc3c3cc(-c4cc5cc6oc7ccccc7c6cc5c5cc6c(cc45)c4ccccc4n6-c4ccccc4)ccc32)cc1. The van der Waals surface area contributed by atoms with Crippen molar-refractivity contribution >= 4 is 87.1 Å². The Morgan fingerprint density at radius 3 is 1.58 bits per heavy atom.